The van der Waals surface area contributed by atoms with Gasteiger partial charge in [0.15, 0.2) is 5.65 Å². The van der Waals surface area contributed by atoms with E-state index in [1.807, 2.05) is 81.6 Å². The number of fused-ring (bicyclic) bond motifs is 2. The molecule has 8 heteroatoms. The summed E-state index contributed by atoms with van der Waals surface area (Å²) < 4.78 is 16.0. The highest BCUT2D eigenvalue weighted by Crippen LogP contribution is 2.43. The lowest BCUT2D eigenvalue weighted by atomic mass is 9.76. The van der Waals surface area contributed by atoms with Crippen molar-refractivity contribution in [1.29, 1.82) is 0 Å². The van der Waals surface area contributed by atoms with E-state index in [0.717, 1.165) is 16.7 Å². The van der Waals surface area contributed by atoms with E-state index < -0.39 is 11.1 Å². The Balaban J connectivity index is 1.57. The maximum Gasteiger partial charge on any atom is 0.255 e. The van der Waals surface area contributed by atoms with E-state index in [2.05, 4.69) is 56.5 Å². The van der Waals surface area contributed by atoms with Crippen molar-refractivity contribution in [3.8, 4) is 11.4 Å². The Morgan fingerprint density at radius 3 is 1.96 bits per heavy atom. The number of amides is 1. The Morgan fingerprint density at radius 2 is 1.40 bits per heavy atom. The van der Waals surface area contributed by atoms with E-state index in [1.165, 1.54) is 12.1 Å². The second kappa shape index (κ2) is 10.8. The van der Waals surface area contributed by atoms with Crippen LogP contribution in [0.25, 0.3) is 33.5 Å². The summed E-state index contributed by atoms with van der Waals surface area (Å²) in [5, 5.41) is 11.2. The maximum absolute atomic E-state index is 14.0. The van der Waals surface area contributed by atoms with Gasteiger partial charge in [-0.25, -0.2) is 14.4 Å². The monoisotopic (exact) mass is 594 g/mol. The summed E-state index contributed by atoms with van der Waals surface area (Å²) in [5.41, 5.74) is 4.46. The molecule has 0 aliphatic heterocycles. The second-order valence-corrected chi connectivity index (χ2v) is 12.1. The molecule has 0 bridgehead atoms. The van der Waals surface area contributed by atoms with E-state index in [4.69, 9.17) is 9.97 Å². The second-order valence-electron chi connectivity index (χ2n) is 12.1. The van der Waals surface area contributed by atoms with Crippen LogP contribution >= 0.6 is 0 Å². The third-order valence-electron chi connectivity index (χ3n) is 7.93. The zero-order chi connectivity index (χ0) is 31.2. The van der Waals surface area contributed by atoms with Gasteiger partial charge in [-0.1, -0.05) is 91.0 Å². The molecule has 222 valence electrons. The quantitative estimate of drug-likeness (QED) is 0.195. The van der Waals surface area contributed by atoms with Gasteiger partial charge in [-0.2, -0.15) is 5.10 Å². The number of carbonyl (C=O) groups is 1. The topological polar surface area (TPSA) is 88.5 Å². The van der Waals surface area contributed by atoms with Gasteiger partial charge in [-0.3, -0.25) is 9.89 Å². The molecule has 45 heavy (non-hydrogen) atoms. The lowest BCUT2D eigenvalue weighted by molar-refractivity contribution is 0.0920. The lowest BCUT2D eigenvalue weighted by Gasteiger charge is -2.38. The van der Waals surface area contributed by atoms with E-state index in [0.29, 0.717) is 39.0 Å². The van der Waals surface area contributed by atoms with Gasteiger partial charge in [-0.05, 0) is 55.7 Å². The van der Waals surface area contributed by atoms with Crippen molar-refractivity contribution in [2.75, 3.05) is 0 Å². The van der Waals surface area contributed by atoms with Crippen LogP contribution in [0.2, 0.25) is 0 Å². The van der Waals surface area contributed by atoms with Crippen molar-refractivity contribution in [3.63, 3.8) is 0 Å². The largest absolute Gasteiger partial charge is 0.347 e. The van der Waals surface area contributed by atoms with E-state index in [9.17, 15) is 9.18 Å². The summed E-state index contributed by atoms with van der Waals surface area (Å²) in [5.74, 6) is -0.633. The summed E-state index contributed by atoms with van der Waals surface area (Å²) in [7, 11) is 0. The summed E-state index contributed by atoms with van der Waals surface area (Å²) >= 11 is 0. The van der Waals surface area contributed by atoms with Crippen molar-refractivity contribution in [3.05, 3.63) is 150 Å². The average molecular weight is 595 g/mol. The molecule has 3 heterocycles. The Kier molecular flexibility index (Phi) is 6.77. The number of rotatable bonds is 6. The normalized spacial score (nSPS) is 12.1. The Hall–Kier alpha value is -5.63. The van der Waals surface area contributed by atoms with Crippen molar-refractivity contribution < 1.29 is 9.18 Å². The number of benzene rings is 4. The minimum absolute atomic E-state index is 0.269. The molecule has 0 atom stereocenters. The molecule has 3 aromatic heterocycles. The fraction of sp³-hybridized carbons (Fsp3) is 0.135. The van der Waals surface area contributed by atoms with E-state index in [1.54, 1.807) is 12.3 Å². The molecule has 1 amide bonds. The maximum atomic E-state index is 14.0. The van der Waals surface area contributed by atoms with Gasteiger partial charge in [0.1, 0.15) is 28.3 Å². The SMILES string of the molecule is CC(C)(C)NC(=O)c1cn(C(c2ccccc2)(c2ccccc2)c2ccccc2)c2ncc(-c3n[nH]c4cc(F)ccc34)nc12. The number of hydrogen-bond donors (Lipinski definition) is 2. The highest BCUT2D eigenvalue weighted by Gasteiger charge is 2.41. The Bertz CT molecular complexity index is 2050. The average Bonchev–Trinajstić information content (AvgIpc) is 3.64. The number of halogens is 1. The first-order valence-corrected chi connectivity index (χ1v) is 14.8. The van der Waals surface area contributed by atoms with Crippen LogP contribution in [0.1, 0.15) is 47.8 Å². The summed E-state index contributed by atoms with van der Waals surface area (Å²) in [4.78, 5) is 24.0. The lowest BCUT2D eigenvalue weighted by Crippen LogP contribution is -2.40. The summed E-state index contributed by atoms with van der Waals surface area (Å²) in [6, 6.07) is 35.1. The fourth-order valence-corrected chi connectivity index (χ4v) is 6.08. The molecule has 0 spiro atoms. The van der Waals surface area contributed by atoms with Gasteiger partial charge in [0, 0.05) is 17.1 Å². The van der Waals surface area contributed by atoms with Crippen molar-refractivity contribution in [2.24, 2.45) is 0 Å². The molecular weight excluding hydrogens is 563 g/mol. The van der Waals surface area contributed by atoms with Gasteiger partial charge < -0.3 is 9.88 Å². The molecule has 7 rings (SSSR count). The van der Waals surface area contributed by atoms with Gasteiger partial charge in [0.05, 0.1) is 17.3 Å². The number of carbonyl (C=O) groups excluding carboxylic acids is 1. The van der Waals surface area contributed by atoms with Crippen LogP contribution in [-0.4, -0.2) is 36.2 Å². The third-order valence-corrected chi connectivity index (χ3v) is 7.93. The highest BCUT2D eigenvalue weighted by atomic mass is 19.1. The molecule has 0 radical (unpaired) electrons. The van der Waals surface area contributed by atoms with Gasteiger partial charge in [0.25, 0.3) is 5.91 Å². The number of H-pyrrole nitrogens is 1. The molecule has 7 aromatic rings. The predicted octanol–water partition coefficient (Wildman–Crippen LogP) is 7.48. The molecular formula is C37H31FN6O. The van der Waals surface area contributed by atoms with Gasteiger partial charge >= 0.3 is 0 Å². The van der Waals surface area contributed by atoms with Crippen molar-refractivity contribution in [2.45, 2.75) is 31.8 Å². The van der Waals surface area contributed by atoms with Crippen LogP contribution in [-0.2, 0) is 5.54 Å². The molecule has 0 aliphatic rings. The van der Waals surface area contributed by atoms with Crippen LogP contribution in [0.5, 0.6) is 0 Å². The van der Waals surface area contributed by atoms with Gasteiger partial charge in [-0.15, -0.1) is 0 Å². The van der Waals surface area contributed by atoms with Crippen LogP contribution < -0.4 is 5.32 Å². The molecule has 2 N–H and O–H groups in total. The smallest absolute Gasteiger partial charge is 0.255 e. The first-order valence-electron chi connectivity index (χ1n) is 14.8. The molecule has 0 saturated carbocycles. The molecule has 7 nitrogen and oxygen atoms in total. The zero-order valence-corrected chi connectivity index (χ0v) is 25.1. The fourth-order valence-electron chi connectivity index (χ4n) is 6.08. The summed E-state index contributed by atoms with van der Waals surface area (Å²) in [6.07, 6.45) is 3.52. The highest BCUT2D eigenvalue weighted by molar-refractivity contribution is 6.06. The third kappa shape index (κ3) is 4.84. The minimum atomic E-state index is -0.908. The zero-order valence-electron chi connectivity index (χ0n) is 25.1. The number of nitrogens with zero attached hydrogens (tertiary/aromatic N) is 4. The molecule has 0 unspecified atom stereocenters. The van der Waals surface area contributed by atoms with Crippen LogP contribution in [0, 0.1) is 5.82 Å². The standard InChI is InChI=1S/C37H31FN6O/c1-36(2,3)41-35(45)29-23-44(34-33(29)40-31(22-39-34)32-28-20-19-27(38)21-30(28)42-43-32)37(24-13-7-4-8-14-24,25-15-9-5-10-16-25)26-17-11-6-12-18-26/h4-23H,1-3H3,(H,41,45)(H,42,43). The van der Waals surface area contributed by atoms with Crippen molar-refractivity contribution >= 4 is 28.0 Å². The van der Waals surface area contributed by atoms with Crippen LogP contribution in [0.4, 0.5) is 4.39 Å². The Labute approximate surface area is 259 Å². The first kappa shape index (κ1) is 28.2. The number of nitrogens with one attached hydrogen (secondary N) is 2. The number of aromatic nitrogens is 5. The molecule has 4 aromatic carbocycles. The van der Waals surface area contributed by atoms with Gasteiger partial charge in [0.2, 0.25) is 0 Å². The molecule has 0 fully saturated rings. The molecule has 0 saturated heterocycles. The van der Waals surface area contributed by atoms with E-state index in [-0.39, 0.29) is 11.7 Å². The predicted molar refractivity (Wildman–Crippen MR) is 174 cm³/mol. The van der Waals surface area contributed by atoms with E-state index >= 15 is 0 Å². The minimum Gasteiger partial charge on any atom is -0.347 e. The van der Waals surface area contributed by atoms with Crippen molar-refractivity contribution in [1.82, 2.24) is 30.0 Å². The number of hydrogen-bond acceptors (Lipinski definition) is 4. The Morgan fingerprint density at radius 1 is 0.822 bits per heavy atom. The van der Waals surface area contributed by atoms with Crippen LogP contribution in [0.3, 0.4) is 0 Å². The molecule has 0 aliphatic carbocycles. The number of aromatic amines is 1. The van der Waals surface area contributed by atoms with Crippen LogP contribution in [0.15, 0.2) is 122 Å². The summed E-state index contributed by atoms with van der Waals surface area (Å²) in [6.45, 7) is 5.83. The first-order chi connectivity index (χ1) is 21.8.